The standard InChI is InChI=1S/C24H24N2O/c1-24-11-10-15-16(18(24)8-9-23(24)27)7-6-14-12-21-22(13-17(14)15)26-20-5-3-2-4-19(20)25-21/h2-5,12-13,15-16,18H,6-11H2,1H3/t15-,16+,18-,24-/m0/s1. The largest absolute Gasteiger partial charge is 0.299 e. The normalized spacial score (nSPS) is 32.3. The van der Waals surface area contributed by atoms with E-state index in [4.69, 9.17) is 9.97 Å². The zero-order valence-electron chi connectivity index (χ0n) is 15.7. The van der Waals surface area contributed by atoms with E-state index in [1.807, 2.05) is 24.3 Å². The zero-order valence-corrected chi connectivity index (χ0v) is 15.7. The van der Waals surface area contributed by atoms with Crippen LogP contribution in [-0.2, 0) is 11.2 Å². The fourth-order valence-electron chi connectivity index (χ4n) is 6.46. The van der Waals surface area contributed by atoms with Crippen LogP contribution in [0.4, 0.5) is 0 Å². The number of aryl methyl sites for hydroxylation is 1. The van der Waals surface area contributed by atoms with Crippen LogP contribution in [0.2, 0.25) is 0 Å². The molecular formula is C24H24N2O. The SMILES string of the molecule is C[C@]12CC[C@@H]3c4cc5nc6ccccc6nc5cc4CC[C@H]3[C@@H]1CCC2=O. The Morgan fingerprint density at radius 1 is 0.926 bits per heavy atom. The van der Waals surface area contributed by atoms with Crippen molar-refractivity contribution in [3.63, 3.8) is 0 Å². The summed E-state index contributed by atoms with van der Waals surface area (Å²) in [5, 5.41) is 0. The number of aromatic nitrogens is 2. The van der Waals surface area contributed by atoms with Gasteiger partial charge in [0.25, 0.3) is 0 Å². The molecule has 0 N–H and O–H groups in total. The Morgan fingerprint density at radius 3 is 2.44 bits per heavy atom. The number of rotatable bonds is 0. The van der Waals surface area contributed by atoms with Crippen molar-refractivity contribution in [2.45, 2.75) is 51.4 Å². The molecule has 0 unspecified atom stereocenters. The molecule has 3 aliphatic carbocycles. The number of hydrogen-bond donors (Lipinski definition) is 0. The lowest BCUT2D eigenvalue weighted by molar-refractivity contribution is -0.129. The van der Waals surface area contributed by atoms with Gasteiger partial charge in [0.2, 0.25) is 0 Å². The van der Waals surface area contributed by atoms with Crippen LogP contribution in [0, 0.1) is 17.3 Å². The third kappa shape index (κ3) is 2.11. The first kappa shape index (κ1) is 15.7. The van der Waals surface area contributed by atoms with Crippen LogP contribution in [0.5, 0.6) is 0 Å². The van der Waals surface area contributed by atoms with E-state index in [-0.39, 0.29) is 5.41 Å². The molecule has 0 spiro atoms. The van der Waals surface area contributed by atoms with Crippen LogP contribution in [0.15, 0.2) is 36.4 Å². The van der Waals surface area contributed by atoms with Crippen LogP contribution in [0.1, 0.15) is 56.1 Å². The molecule has 2 fully saturated rings. The summed E-state index contributed by atoms with van der Waals surface area (Å²) in [6.45, 7) is 2.25. The van der Waals surface area contributed by atoms with Crippen LogP contribution < -0.4 is 0 Å². The topological polar surface area (TPSA) is 42.9 Å². The molecule has 2 saturated carbocycles. The van der Waals surface area contributed by atoms with Crippen molar-refractivity contribution in [2.24, 2.45) is 17.3 Å². The number of carbonyl (C=O) groups excluding carboxylic acids is 1. The molecule has 27 heavy (non-hydrogen) atoms. The third-order valence-electron chi connectivity index (χ3n) is 7.89. The lowest BCUT2D eigenvalue weighted by Crippen LogP contribution is -2.42. The van der Waals surface area contributed by atoms with E-state index in [0.29, 0.717) is 23.5 Å². The van der Waals surface area contributed by atoms with Crippen LogP contribution >= 0.6 is 0 Å². The number of benzene rings is 2. The molecule has 3 nitrogen and oxygen atoms in total. The second kappa shape index (κ2) is 5.37. The maximum absolute atomic E-state index is 12.5. The molecule has 6 rings (SSSR count). The Balaban J connectivity index is 1.48. The molecule has 1 aromatic heterocycles. The summed E-state index contributed by atoms with van der Waals surface area (Å²) in [6.07, 6.45) is 6.43. The lowest BCUT2D eigenvalue weighted by atomic mass is 9.55. The second-order valence-corrected chi connectivity index (χ2v) is 9.09. The van der Waals surface area contributed by atoms with Gasteiger partial charge in [0.15, 0.2) is 0 Å². The molecule has 0 saturated heterocycles. The second-order valence-electron chi connectivity index (χ2n) is 9.09. The highest BCUT2D eigenvalue weighted by atomic mass is 16.1. The van der Waals surface area contributed by atoms with Gasteiger partial charge < -0.3 is 0 Å². The number of hydrogen-bond acceptors (Lipinski definition) is 3. The van der Waals surface area contributed by atoms with Crippen molar-refractivity contribution in [1.82, 2.24) is 9.97 Å². The van der Waals surface area contributed by atoms with Crippen LogP contribution in [0.3, 0.4) is 0 Å². The molecule has 3 aromatic rings. The molecule has 4 atom stereocenters. The Morgan fingerprint density at radius 2 is 1.67 bits per heavy atom. The van der Waals surface area contributed by atoms with Crippen molar-refractivity contribution in [2.75, 3.05) is 0 Å². The van der Waals surface area contributed by atoms with Gasteiger partial charge in [-0.15, -0.1) is 0 Å². The van der Waals surface area contributed by atoms with Gasteiger partial charge in [-0.3, -0.25) is 4.79 Å². The zero-order chi connectivity index (χ0) is 18.2. The Bertz CT molecular complexity index is 1100. The molecule has 136 valence electrons. The molecular weight excluding hydrogens is 332 g/mol. The number of fused-ring (bicyclic) bond motifs is 7. The smallest absolute Gasteiger partial charge is 0.139 e. The van der Waals surface area contributed by atoms with Gasteiger partial charge in [0.1, 0.15) is 5.78 Å². The quantitative estimate of drug-likeness (QED) is 0.519. The molecule has 1 heterocycles. The predicted octanol–water partition coefficient (Wildman–Crippen LogP) is 5.21. The Labute approximate surface area is 159 Å². The third-order valence-corrected chi connectivity index (χ3v) is 7.89. The van der Waals surface area contributed by atoms with Gasteiger partial charge in [-0.1, -0.05) is 19.1 Å². The van der Waals surface area contributed by atoms with E-state index in [1.165, 1.54) is 17.5 Å². The van der Waals surface area contributed by atoms with Gasteiger partial charge in [-0.2, -0.15) is 0 Å². The minimum Gasteiger partial charge on any atom is -0.299 e. The average molecular weight is 356 g/mol. The van der Waals surface area contributed by atoms with Gasteiger partial charge >= 0.3 is 0 Å². The fourth-order valence-corrected chi connectivity index (χ4v) is 6.46. The first-order valence-corrected chi connectivity index (χ1v) is 10.4. The molecule has 2 aromatic carbocycles. The van der Waals surface area contributed by atoms with E-state index in [9.17, 15) is 4.79 Å². The predicted molar refractivity (Wildman–Crippen MR) is 107 cm³/mol. The van der Waals surface area contributed by atoms with E-state index in [1.54, 1.807) is 0 Å². The van der Waals surface area contributed by atoms with Crippen LogP contribution in [0.25, 0.3) is 22.1 Å². The van der Waals surface area contributed by atoms with Crippen LogP contribution in [-0.4, -0.2) is 15.8 Å². The minimum absolute atomic E-state index is 0.0501. The Hall–Kier alpha value is -2.29. The van der Waals surface area contributed by atoms with Crippen molar-refractivity contribution < 1.29 is 4.79 Å². The number of carbonyl (C=O) groups is 1. The Kier molecular flexibility index (Phi) is 3.13. The van der Waals surface area contributed by atoms with Gasteiger partial charge in [0, 0.05) is 11.8 Å². The summed E-state index contributed by atoms with van der Waals surface area (Å²) >= 11 is 0. The van der Waals surface area contributed by atoms with Gasteiger partial charge in [0.05, 0.1) is 22.1 Å². The summed E-state index contributed by atoms with van der Waals surface area (Å²) in [4.78, 5) is 22.3. The molecule has 3 heteroatoms. The highest BCUT2D eigenvalue weighted by molar-refractivity contribution is 5.88. The van der Waals surface area contributed by atoms with Crippen molar-refractivity contribution in [3.8, 4) is 0 Å². The molecule has 0 aliphatic heterocycles. The van der Waals surface area contributed by atoms with E-state index in [0.717, 1.165) is 54.2 Å². The number of nitrogens with zero attached hydrogens (tertiary/aromatic N) is 2. The number of Topliss-reactive ketones (excluding diaryl/α,β-unsaturated/α-hetero) is 1. The van der Waals surface area contributed by atoms with E-state index >= 15 is 0 Å². The molecule has 0 radical (unpaired) electrons. The molecule has 3 aliphatic rings. The summed E-state index contributed by atoms with van der Waals surface area (Å²) < 4.78 is 0. The average Bonchev–Trinajstić information content (AvgIpc) is 2.99. The van der Waals surface area contributed by atoms with Crippen molar-refractivity contribution >= 4 is 27.9 Å². The summed E-state index contributed by atoms with van der Waals surface area (Å²) in [7, 11) is 0. The van der Waals surface area contributed by atoms with Gasteiger partial charge in [-0.25, -0.2) is 9.97 Å². The molecule has 0 bridgehead atoms. The minimum atomic E-state index is -0.0501. The maximum atomic E-state index is 12.5. The first-order chi connectivity index (χ1) is 13.1. The summed E-state index contributed by atoms with van der Waals surface area (Å²) in [6, 6.07) is 12.7. The summed E-state index contributed by atoms with van der Waals surface area (Å²) in [5.74, 6) is 2.35. The number of para-hydroxylation sites is 2. The highest BCUT2D eigenvalue weighted by Crippen LogP contribution is 2.59. The fraction of sp³-hybridized carbons (Fsp3) is 0.458. The van der Waals surface area contributed by atoms with Crippen molar-refractivity contribution in [3.05, 3.63) is 47.5 Å². The van der Waals surface area contributed by atoms with E-state index < -0.39 is 0 Å². The number of ketones is 1. The maximum Gasteiger partial charge on any atom is 0.139 e. The molecule has 0 amide bonds. The van der Waals surface area contributed by atoms with Gasteiger partial charge in [-0.05, 0) is 85.3 Å². The monoisotopic (exact) mass is 356 g/mol. The first-order valence-electron chi connectivity index (χ1n) is 10.4. The highest BCUT2D eigenvalue weighted by Gasteiger charge is 2.54. The van der Waals surface area contributed by atoms with Crippen molar-refractivity contribution in [1.29, 1.82) is 0 Å². The lowest BCUT2D eigenvalue weighted by Gasteiger charge is -2.48. The summed E-state index contributed by atoms with van der Waals surface area (Å²) in [5.41, 5.74) is 6.87. The van der Waals surface area contributed by atoms with E-state index in [2.05, 4.69) is 19.1 Å².